The molecular weight excluding hydrogens is 218 g/mol. The monoisotopic (exact) mass is 231 g/mol. The second-order valence-corrected chi connectivity index (χ2v) is 5.09. The van der Waals surface area contributed by atoms with E-state index >= 15 is 0 Å². The van der Waals surface area contributed by atoms with E-state index in [4.69, 9.17) is 12.6 Å². The molecule has 0 N–H and O–H groups in total. The van der Waals surface area contributed by atoms with Crippen LogP contribution < -0.4 is 0 Å². The fraction of sp³-hybridized carbons (Fsp3) is 0.308. The molecule has 0 radical (unpaired) electrons. The number of benzene rings is 1. The molecule has 1 aromatic rings. The number of fused-ring (bicyclic) bond motifs is 3. The van der Waals surface area contributed by atoms with Gasteiger partial charge in [0, 0.05) is 23.6 Å². The number of rotatable bonds is 0. The van der Waals surface area contributed by atoms with Gasteiger partial charge in [0.15, 0.2) is 0 Å². The van der Waals surface area contributed by atoms with Crippen LogP contribution in [0.3, 0.4) is 0 Å². The number of hydrogen-bond acceptors (Lipinski definition) is 2. The molecule has 0 spiro atoms. The van der Waals surface area contributed by atoms with E-state index in [-0.39, 0.29) is 11.8 Å². The minimum absolute atomic E-state index is 0.0989. The Kier molecular flexibility index (Phi) is 1.96. The van der Waals surface area contributed by atoms with E-state index in [0.29, 0.717) is 6.54 Å². The lowest BCUT2D eigenvalue weighted by Gasteiger charge is -2.41. The van der Waals surface area contributed by atoms with Crippen LogP contribution in [0.5, 0.6) is 0 Å². The molecular formula is C13H13NOS. The van der Waals surface area contributed by atoms with Crippen LogP contribution >= 0.6 is 12.6 Å². The number of carbonyl (C=O) groups excluding carboxylic acids is 1. The van der Waals surface area contributed by atoms with Gasteiger partial charge < -0.3 is 4.90 Å². The zero-order valence-corrected chi connectivity index (χ0v) is 9.95. The minimum atomic E-state index is -0.456. The van der Waals surface area contributed by atoms with Gasteiger partial charge in [-0.15, -0.1) is 12.6 Å². The molecule has 0 fully saturated rings. The van der Waals surface area contributed by atoms with E-state index in [1.807, 2.05) is 35.2 Å². The van der Waals surface area contributed by atoms with Crippen molar-refractivity contribution in [3.63, 3.8) is 0 Å². The quantitative estimate of drug-likeness (QED) is 0.537. The lowest BCUT2D eigenvalue weighted by atomic mass is 9.91. The maximum atomic E-state index is 12.2. The highest BCUT2D eigenvalue weighted by Gasteiger charge is 2.50. The molecule has 0 unspecified atom stereocenters. The maximum Gasteiger partial charge on any atom is 0.255 e. The zero-order chi connectivity index (χ0) is 11.3. The molecule has 2 heterocycles. The molecule has 16 heavy (non-hydrogen) atoms. The Morgan fingerprint density at radius 2 is 2.19 bits per heavy atom. The highest BCUT2D eigenvalue weighted by molar-refractivity contribution is 7.81. The molecule has 2 aliphatic rings. The van der Waals surface area contributed by atoms with Crippen molar-refractivity contribution in [1.82, 2.24) is 4.90 Å². The Hall–Kier alpha value is -1.22. The summed E-state index contributed by atoms with van der Waals surface area (Å²) in [6.45, 7) is 2.76. The van der Waals surface area contributed by atoms with E-state index < -0.39 is 4.87 Å². The Morgan fingerprint density at radius 1 is 1.44 bits per heavy atom. The van der Waals surface area contributed by atoms with Crippen molar-refractivity contribution in [2.45, 2.75) is 11.8 Å². The lowest BCUT2D eigenvalue weighted by molar-refractivity contribution is 0.0665. The SMILES string of the molecule is C[C@@H]1C=CCN2C(=O)c3ccccc3[C@]12S. The summed E-state index contributed by atoms with van der Waals surface area (Å²) in [5.74, 6) is 0.332. The number of carbonyl (C=O) groups is 1. The third kappa shape index (κ3) is 1.02. The first-order valence-corrected chi connectivity index (χ1v) is 5.91. The lowest BCUT2D eigenvalue weighted by Crippen LogP contribution is -2.46. The highest BCUT2D eigenvalue weighted by atomic mass is 32.1. The van der Waals surface area contributed by atoms with Gasteiger partial charge in [-0.2, -0.15) is 0 Å². The molecule has 0 aromatic heterocycles. The van der Waals surface area contributed by atoms with Gasteiger partial charge in [0.1, 0.15) is 4.87 Å². The summed E-state index contributed by atoms with van der Waals surface area (Å²) in [6.07, 6.45) is 4.18. The van der Waals surface area contributed by atoms with Crippen LogP contribution in [-0.2, 0) is 4.87 Å². The molecule has 0 aliphatic carbocycles. The summed E-state index contributed by atoms with van der Waals surface area (Å²) in [4.78, 5) is 13.6. The normalized spacial score (nSPS) is 31.5. The van der Waals surface area contributed by atoms with Gasteiger partial charge in [0.2, 0.25) is 0 Å². The number of nitrogens with zero attached hydrogens (tertiary/aromatic N) is 1. The zero-order valence-electron chi connectivity index (χ0n) is 9.05. The van der Waals surface area contributed by atoms with Gasteiger partial charge in [0.25, 0.3) is 5.91 Å². The average molecular weight is 231 g/mol. The van der Waals surface area contributed by atoms with Crippen molar-refractivity contribution in [1.29, 1.82) is 0 Å². The predicted molar refractivity (Wildman–Crippen MR) is 66.4 cm³/mol. The first kappa shape index (κ1) is 9.97. The highest BCUT2D eigenvalue weighted by Crippen LogP contribution is 2.49. The third-order valence-electron chi connectivity index (χ3n) is 3.56. The third-order valence-corrected chi connectivity index (χ3v) is 4.45. The fourth-order valence-electron chi connectivity index (χ4n) is 2.65. The standard InChI is InChI=1S/C13H13NOS/c1-9-5-4-8-14-12(15)10-6-2-3-7-11(10)13(9,14)16/h2-7,9,16H,8H2,1H3/t9-,13-/m1/s1. The topological polar surface area (TPSA) is 20.3 Å². The molecule has 1 amide bonds. The largest absolute Gasteiger partial charge is 0.316 e. The van der Waals surface area contributed by atoms with Crippen LogP contribution in [-0.4, -0.2) is 17.4 Å². The molecule has 0 saturated heterocycles. The molecule has 3 rings (SSSR count). The Morgan fingerprint density at radius 3 is 3.00 bits per heavy atom. The van der Waals surface area contributed by atoms with Gasteiger partial charge in [-0.05, 0) is 6.07 Å². The Labute approximate surface area is 100 Å². The second-order valence-electron chi connectivity index (χ2n) is 4.40. The van der Waals surface area contributed by atoms with E-state index in [0.717, 1.165) is 11.1 Å². The Balaban J connectivity index is 2.26. The summed E-state index contributed by atoms with van der Waals surface area (Å²) in [5, 5.41) is 0. The fourth-order valence-corrected chi connectivity index (χ4v) is 3.11. The van der Waals surface area contributed by atoms with Crippen molar-refractivity contribution in [3.8, 4) is 0 Å². The molecule has 0 saturated carbocycles. The van der Waals surface area contributed by atoms with E-state index in [2.05, 4.69) is 13.0 Å². The van der Waals surface area contributed by atoms with Crippen molar-refractivity contribution in [2.75, 3.05) is 6.54 Å². The summed E-state index contributed by atoms with van der Waals surface area (Å²) < 4.78 is 0. The summed E-state index contributed by atoms with van der Waals surface area (Å²) in [7, 11) is 0. The maximum absolute atomic E-state index is 12.2. The summed E-state index contributed by atoms with van der Waals surface area (Å²) >= 11 is 4.79. The molecule has 0 bridgehead atoms. The average Bonchev–Trinajstić information content (AvgIpc) is 2.53. The van der Waals surface area contributed by atoms with Crippen LogP contribution in [0.1, 0.15) is 22.8 Å². The van der Waals surface area contributed by atoms with E-state index in [1.165, 1.54) is 0 Å². The molecule has 2 aliphatic heterocycles. The first-order valence-electron chi connectivity index (χ1n) is 5.46. The molecule has 3 heteroatoms. The number of thiol groups is 1. The van der Waals surface area contributed by atoms with Gasteiger partial charge in [-0.3, -0.25) is 4.79 Å². The van der Waals surface area contributed by atoms with Crippen molar-refractivity contribution < 1.29 is 4.79 Å². The summed E-state index contributed by atoms with van der Waals surface area (Å²) in [5.41, 5.74) is 1.84. The molecule has 82 valence electrons. The van der Waals surface area contributed by atoms with Gasteiger partial charge in [-0.1, -0.05) is 37.3 Å². The van der Waals surface area contributed by atoms with Crippen molar-refractivity contribution in [3.05, 3.63) is 47.5 Å². The van der Waals surface area contributed by atoms with Gasteiger partial charge in [-0.25, -0.2) is 0 Å². The predicted octanol–water partition coefficient (Wildman–Crippen LogP) is 2.43. The van der Waals surface area contributed by atoms with Crippen LogP contribution in [0.25, 0.3) is 0 Å². The van der Waals surface area contributed by atoms with E-state index in [9.17, 15) is 4.79 Å². The van der Waals surface area contributed by atoms with Crippen molar-refractivity contribution in [2.24, 2.45) is 5.92 Å². The van der Waals surface area contributed by atoms with Gasteiger partial charge in [0.05, 0.1) is 0 Å². The molecule has 1 aromatic carbocycles. The smallest absolute Gasteiger partial charge is 0.255 e. The second kappa shape index (κ2) is 3.14. The van der Waals surface area contributed by atoms with Crippen molar-refractivity contribution >= 4 is 18.5 Å². The van der Waals surface area contributed by atoms with Crippen LogP contribution in [0.15, 0.2) is 36.4 Å². The van der Waals surface area contributed by atoms with E-state index in [1.54, 1.807) is 0 Å². The van der Waals surface area contributed by atoms with Crippen LogP contribution in [0, 0.1) is 5.92 Å². The van der Waals surface area contributed by atoms with Gasteiger partial charge >= 0.3 is 0 Å². The summed E-state index contributed by atoms with van der Waals surface area (Å²) in [6, 6.07) is 7.78. The first-order chi connectivity index (χ1) is 7.65. The Bertz CT molecular complexity index is 496. The molecule has 2 nitrogen and oxygen atoms in total. The number of amides is 1. The number of hydrogen-bond donors (Lipinski definition) is 1. The molecule has 2 atom stereocenters. The van der Waals surface area contributed by atoms with Crippen LogP contribution in [0.2, 0.25) is 0 Å². The minimum Gasteiger partial charge on any atom is -0.316 e. The van der Waals surface area contributed by atoms with Crippen LogP contribution in [0.4, 0.5) is 0 Å².